The average molecular weight is 436 g/mol. The molecule has 2 aliphatic rings. The number of methoxy groups -OCH3 is 1. The smallest absolute Gasteiger partial charge is 0.314 e. The lowest BCUT2D eigenvalue weighted by Crippen LogP contribution is -2.64. The Morgan fingerprint density at radius 3 is 2.66 bits per heavy atom. The number of halogens is 2. The van der Waals surface area contributed by atoms with Crippen LogP contribution in [0.4, 0.5) is 0 Å². The molecule has 1 saturated heterocycles. The van der Waals surface area contributed by atoms with Crippen molar-refractivity contribution in [3.63, 3.8) is 0 Å². The fourth-order valence-electron chi connectivity index (χ4n) is 3.97. The number of hydrogen-bond donors (Lipinski definition) is 0. The molecule has 154 valence electrons. The number of hydrogen-bond acceptors (Lipinski definition) is 5. The molecule has 0 amide bonds. The first-order chi connectivity index (χ1) is 13.9. The highest BCUT2D eigenvalue weighted by molar-refractivity contribution is 6.35. The molecule has 1 fully saturated rings. The van der Waals surface area contributed by atoms with Gasteiger partial charge >= 0.3 is 5.97 Å². The normalized spacial score (nSPS) is 20.2. The molecule has 0 saturated carbocycles. The number of carbonyl (C=O) groups excluding carboxylic acids is 1. The number of carbonyl (C=O) groups is 1. The lowest BCUT2D eigenvalue weighted by molar-refractivity contribution is -0.165. The van der Waals surface area contributed by atoms with Gasteiger partial charge in [0, 0.05) is 40.8 Å². The Bertz CT molecular complexity index is 907. The van der Waals surface area contributed by atoms with E-state index in [-0.39, 0.29) is 12.0 Å². The second-order valence-electron chi connectivity index (χ2n) is 7.88. The maximum absolute atomic E-state index is 11.9. The van der Waals surface area contributed by atoms with E-state index in [1.54, 1.807) is 12.1 Å². The molecule has 0 radical (unpaired) electrons. The second-order valence-corrected chi connectivity index (χ2v) is 8.70. The molecular formula is C22H23Cl2NO4. The predicted octanol–water partition coefficient (Wildman–Crippen LogP) is 4.37. The largest absolute Gasteiger partial charge is 0.492 e. The van der Waals surface area contributed by atoms with Gasteiger partial charge in [-0.1, -0.05) is 35.3 Å². The first-order valence-electron chi connectivity index (χ1n) is 9.53. The highest BCUT2D eigenvalue weighted by atomic mass is 35.5. The van der Waals surface area contributed by atoms with Crippen LogP contribution in [0.15, 0.2) is 36.4 Å². The lowest BCUT2D eigenvalue weighted by Gasteiger charge is -2.50. The Kier molecular flexibility index (Phi) is 5.65. The van der Waals surface area contributed by atoms with E-state index < -0.39 is 5.41 Å². The van der Waals surface area contributed by atoms with Gasteiger partial charge < -0.3 is 14.2 Å². The van der Waals surface area contributed by atoms with E-state index in [0.717, 1.165) is 23.3 Å². The molecule has 0 bridgehead atoms. The third-order valence-electron chi connectivity index (χ3n) is 5.67. The highest BCUT2D eigenvalue weighted by Gasteiger charge is 2.48. The van der Waals surface area contributed by atoms with Gasteiger partial charge in [0.2, 0.25) is 0 Å². The van der Waals surface area contributed by atoms with Gasteiger partial charge in [0.15, 0.2) is 0 Å². The average Bonchev–Trinajstić information content (AvgIpc) is 2.70. The Balaban J connectivity index is 1.37. The zero-order valence-electron chi connectivity index (χ0n) is 16.4. The summed E-state index contributed by atoms with van der Waals surface area (Å²) in [5.74, 6) is 1.40. The van der Waals surface area contributed by atoms with Crippen LogP contribution in [0.2, 0.25) is 10.0 Å². The molecule has 7 heteroatoms. The van der Waals surface area contributed by atoms with Crippen LogP contribution < -0.4 is 9.47 Å². The van der Waals surface area contributed by atoms with Crippen LogP contribution in [-0.4, -0.2) is 43.7 Å². The van der Waals surface area contributed by atoms with Gasteiger partial charge in [-0.15, -0.1) is 0 Å². The van der Waals surface area contributed by atoms with Crippen molar-refractivity contribution < 1.29 is 19.0 Å². The third kappa shape index (κ3) is 4.04. The molecule has 0 aromatic heterocycles. The second kappa shape index (κ2) is 8.05. The minimum absolute atomic E-state index is 0.147. The Hall–Kier alpha value is -1.95. The van der Waals surface area contributed by atoms with Gasteiger partial charge in [-0.25, -0.2) is 0 Å². The molecule has 1 atom stereocenters. The standard InChI is InChI=1S/C22H23Cl2NO4/c1-22(21(26)27-2)12-25(13-22)15-8-14-6-7-16(9-20(14)29-10-15)28-11-17-18(23)4-3-5-19(17)24/h3-7,9,15H,8,10-13H2,1-2H3/t15-/m0/s1. The zero-order valence-corrected chi connectivity index (χ0v) is 17.9. The molecule has 29 heavy (non-hydrogen) atoms. The first-order valence-corrected chi connectivity index (χ1v) is 10.3. The number of likely N-dealkylation sites (tertiary alicyclic amines) is 1. The van der Waals surface area contributed by atoms with Crippen LogP contribution in [0.25, 0.3) is 0 Å². The van der Waals surface area contributed by atoms with E-state index in [9.17, 15) is 4.79 Å². The number of benzene rings is 2. The number of fused-ring (bicyclic) bond motifs is 1. The minimum atomic E-state index is -0.410. The summed E-state index contributed by atoms with van der Waals surface area (Å²) >= 11 is 12.4. The molecule has 5 nitrogen and oxygen atoms in total. The van der Waals surface area contributed by atoms with Crippen LogP contribution in [0.1, 0.15) is 18.1 Å². The topological polar surface area (TPSA) is 48.0 Å². The summed E-state index contributed by atoms with van der Waals surface area (Å²) in [6.07, 6.45) is 0.878. The van der Waals surface area contributed by atoms with Crippen molar-refractivity contribution in [3.8, 4) is 11.5 Å². The van der Waals surface area contributed by atoms with Crippen molar-refractivity contribution in [2.45, 2.75) is 26.0 Å². The number of ether oxygens (including phenoxy) is 3. The number of esters is 1. The van der Waals surface area contributed by atoms with Crippen molar-refractivity contribution in [3.05, 3.63) is 57.6 Å². The molecule has 4 rings (SSSR count). The van der Waals surface area contributed by atoms with Gasteiger partial charge in [0.25, 0.3) is 0 Å². The third-order valence-corrected chi connectivity index (χ3v) is 6.38. The summed E-state index contributed by atoms with van der Waals surface area (Å²) in [5.41, 5.74) is 1.49. The van der Waals surface area contributed by atoms with E-state index in [4.69, 9.17) is 37.4 Å². The Morgan fingerprint density at radius 2 is 1.97 bits per heavy atom. The van der Waals surface area contributed by atoms with Crippen molar-refractivity contribution >= 4 is 29.2 Å². The molecule has 0 aliphatic carbocycles. The van der Waals surface area contributed by atoms with Crippen LogP contribution in [-0.2, 0) is 22.6 Å². The van der Waals surface area contributed by atoms with Gasteiger partial charge in [0.05, 0.1) is 12.5 Å². The summed E-state index contributed by atoms with van der Waals surface area (Å²) in [6.45, 7) is 4.22. The molecule has 2 heterocycles. The fourth-order valence-corrected chi connectivity index (χ4v) is 4.48. The summed E-state index contributed by atoms with van der Waals surface area (Å²) in [6, 6.07) is 11.5. The van der Waals surface area contributed by atoms with Crippen LogP contribution in [0, 0.1) is 5.41 Å². The molecule has 0 N–H and O–H groups in total. The highest BCUT2D eigenvalue weighted by Crippen LogP contribution is 2.37. The van der Waals surface area contributed by atoms with E-state index in [1.807, 2.05) is 31.2 Å². The monoisotopic (exact) mass is 435 g/mol. The van der Waals surface area contributed by atoms with E-state index in [1.165, 1.54) is 7.11 Å². The number of rotatable bonds is 5. The molecule has 0 spiro atoms. The van der Waals surface area contributed by atoms with Gasteiger partial charge in [-0.05, 0) is 37.1 Å². The fraction of sp³-hybridized carbons (Fsp3) is 0.409. The molecule has 2 aromatic carbocycles. The molecular weight excluding hydrogens is 413 g/mol. The zero-order chi connectivity index (χ0) is 20.6. The summed E-state index contributed by atoms with van der Waals surface area (Å²) < 4.78 is 16.8. The van der Waals surface area contributed by atoms with Crippen LogP contribution in [0.5, 0.6) is 11.5 Å². The van der Waals surface area contributed by atoms with Crippen molar-refractivity contribution in [1.82, 2.24) is 4.90 Å². The van der Waals surface area contributed by atoms with Crippen LogP contribution >= 0.6 is 23.2 Å². The quantitative estimate of drug-likeness (QED) is 0.652. The van der Waals surface area contributed by atoms with Crippen molar-refractivity contribution in [2.24, 2.45) is 5.41 Å². The molecule has 0 unspecified atom stereocenters. The Labute approximate surface area is 180 Å². The van der Waals surface area contributed by atoms with E-state index in [2.05, 4.69) is 4.90 Å². The van der Waals surface area contributed by atoms with Gasteiger partial charge in [-0.2, -0.15) is 0 Å². The summed E-state index contributed by atoms with van der Waals surface area (Å²) in [4.78, 5) is 14.2. The summed E-state index contributed by atoms with van der Waals surface area (Å²) in [5, 5.41) is 1.17. The van der Waals surface area contributed by atoms with Crippen molar-refractivity contribution in [2.75, 3.05) is 26.8 Å². The SMILES string of the molecule is COC(=O)C1(C)CN([C@@H]2COc3cc(OCc4c(Cl)cccc4Cl)ccc3C2)C1. The van der Waals surface area contributed by atoms with Gasteiger partial charge in [-0.3, -0.25) is 9.69 Å². The maximum Gasteiger partial charge on any atom is 0.314 e. The molecule has 2 aromatic rings. The van der Waals surface area contributed by atoms with E-state index in [0.29, 0.717) is 42.1 Å². The van der Waals surface area contributed by atoms with Gasteiger partial charge in [0.1, 0.15) is 24.7 Å². The number of nitrogens with zero attached hydrogens (tertiary/aromatic N) is 1. The first kappa shape index (κ1) is 20.3. The van der Waals surface area contributed by atoms with Crippen LogP contribution in [0.3, 0.4) is 0 Å². The lowest BCUT2D eigenvalue weighted by atomic mass is 9.80. The molecule has 2 aliphatic heterocycles. The predicted molar refractivity (Wildman–Crippen MR) is 112 cm³/mol. The van der Waals surface area contributed by atoms with E-state index >= 15 is 0 Å². The van der Waals surface area contributed by atoms with Crippen molar-refractivity contribution in [1.29, 1.82) is 0 Å². The summed E-state index contributed by atoms with van der Waals surface area (Å²) in [7, 11) is 1.44. The Morgan fingerprint density at radius 1 is 1.24 bits per heavy atom. The minimum Gasteiger partial charge on any atom is -0.492 e. The maximum atomic E-state index is 11.9.